The van der Waals surface area contributed by atoms with Crippen LogP contribution in [-0.4, -0.2) is 34.2 Å². The third-order valence-electron chi connectivity index (χ3n) is 3.00. The highest BCUT2D eigenvalue weighted by atomic mass is 16.7. The Kier molecular flexibility index (Phi) is 3.75. The normalized spacial score (nSPS) is 23.9. The zero-order valence-corrected chi connectivity index (χ0v) is 12.1. The van der Waals surface area contributed by atoms with E-state index < -0.39 is 11.1 Å². The highest BCUT2D eigenvalue weighted by Gasteiger charge is 2.45. The van der Waals surface area contributed by atoms with Gasteiger partial charge in [0.05, 0.1) is 17.1 Å². The lowest BCUT2D eigenvalue weighted by Gasteiger charge is -2.46. The third kappa shape index (κ3) is 3.21. The molecule has 5 nitrogen and oxygen atoms in total. The summed E-state index contributed by atoms with van der Waals surface area (Å²) in [6, 6.07) is 2.13. The summed E-state index contributed by atoms with van der Waals surface area (Å²) in [5, 5.41) is 13.8. The number of nitrogens with zero attached hydrogens (tertiary/aromatic N) is 2. The second-order valence-corrected chi connectivity index (χ2v) is 6.59. The molecule has 18 heavy (non-hydrogen) atoms. The molecule has 1 amide bonds. The lowest BCUT2D eigenvalue weighted by atomic mass is 9.95. The fraction of sp³-hybridized carbons (Fsp3) is 0.846. The zero-order valence-electron chi connectivity index (χ0n) is 12.1. The molecule has 0 aromatic carbocycles. The molecule has 0 spiro atoms. The molecule has 1 saturated heterocycles. The van der Waals surface area contributed by atoms with E-state index in [0.29, 0.717) is 13.0 Å². The van der Waals surface area contributed by atoms with E-state index in [9.17, 15) is 4.79 Å². The lowest BCUT2D eigenvalue weighted by Crippen LogP contribution is -2.58. The van der Waals surface area contributed by atoms with Gasteiger partial charge in [-0.2, -0.15) is 10.3 Å². The predicted octanol–water partition coefficient (Wildman–Crippen LogP) is 1.60. The molecule has 1 fully saturated rings. The van der Waals surface area contributed by atoms with Gasteiger partial charge < -0.3 is 5.32 Å². The summed E-state index contributed by atoms with van der Waals surface area (Å²) in [4.78, 5) is 17.6. The van der Waals surface area contributed by atoms with Gasteiger partial charge in [-0.1, -0.05) is 0 Å². The van der Waals surface area contributed by atoms with Crippen LogP contribution >= 0.6 is 0 Å². The van der Waals surface area contributed by atoms with Gasteiger partial charge in [-0.3, -0.25) is 9.63 Å². The number of amides is 1. The van der Waals surface area contributed by atoms with Crippen molar-refractivity contribution in [3.63, 3.8) is 0 Å². The standard InChI is InChI=1S/C13H23N3O2/c1-11(2)7-10(17)15-9-12(3,4)16(11)18-13(5,6)8-14/h7,9H2,1-6H3,(H,15,17). The van der Waals surface area contributed by atoms with Crippen LogP contribution in [0, 0.1) is 11.3 Å². The fourth-order valence-electron chi connectivity index (χ4n) is 2.23. The molecule has 0 aliphatic carbocycles. The molecule has 1 N–H and O–H groups in total. The minimum Gasteiger partial charge on any atom is -0.354 e. The molecular formula is C13H23N3O2. The van der Waals surface area contributed by atoms with E-state index >= 15 is 0 Å². The van der Waals surface area contributed by atoms with Crippen molar-refractivity contribution in [1.29, 1.82) is 5.26 Å². The Balaban J connectivity index is 3.09. The van der Waals surface area contributed by atoms with Crippen LogP contribution < -0.4 is 5.32 Å². The molecule has 102 valence electrons. The first kappa shape index (κ1) is 14.9. The second kappa shape index (κ2) is 4.52. The first-order chi connectivity index (χ1) is 8.00. The van der Waals surface area contributed by atoms with Crippen LogP contribution in [0.4, 0.5) is 0 Å². The SMILES string of the molecule is CC(C)(C#N)ON1C(C)(C)CNC(=O)CC1(C)C. The van der Waals surface area contributed by atoms with Gasteiger partial charge in [0.1, 0.15) is 0 Å². The molecule has 0 unspecified atom stereocenters. The van der Waals surface area contributed by atoms with Crippen LogP contribution in [0.1, 0.15) is 48.0 Å². The number of rotatable bonds is 2. The number of hydroxylamine groups is 2. The maximum Gasteiger partial charge on any atom is 0.221 e. The molecule has 0 atom stereocenters. The minimum absolute atomic E-state index is 0.00828. The lowest BCUT2D eigenvalue weighted by molar-refractivity contribution is -0.299. The Morgan fingerprint density at radius 2 is 1.89 bits per heavy atom. The number of hydrogen-bond acceptors (Lipinski definition) is 4. The van der Waals surface area contributed by atoms with E-state index in [4.69, 9.17) is 10.1 Å². The Hall–Kier alpha value is -1.12. The van der Waals surface area contributed by atoms with Crippen molar-refractivity contribution >= 4 is 5.91 Å². The van der Waals surface area contributed by atoms with E-state index in [1.54, 1.807) is 18.9 Å². The first-order valence-electron chi connectivity index (χ1n) is 6.18. The second-order valence-electron chi connectivity index (χ2n) is 6.59. The van der Waals surface area contributed by atoms with Crippen LogP contribution in [0.5, 0.6) is 0 Å². The minimum atomic E-state index is -0.915. The fourth-order valence-corrected chi connectivity index (χ4v) is 2.23. The smallest absolute Gasteiger partial charge is 0.221 e. The van der Waals surface area contributed by atoms with Crippen molar-refractivity contribution < 1.29 is 9.63 Å². The molecule has 1 aliphatic rings. The van der Waals surface area contributed by atoms with Gasteiger partial charge in [-0.15, -0.1) is 0 Å². The van der Waals surface area contributed by atoms with E-state index in [1.165, 1.54) is 0 Å². The Morgan fingerprint density at radius 1 is 1.33 bits per heavy atom. The Bertz CT molecular complexity index is 380. The van der Waals surface area contributed by atoms with Gasteiger partial charge in [-0.25, -0.2) is 0 Å². The molecule has 5 heteroatoms. The van der Waals surface area contributed by atoms with Gasteiger partial charge in [0.2, 0.25) is 5.91 Å². The van der Waals surface area contributed by atoms with Gasteiger partial charge in [0, 0.05) is 13.0 Å². The van der Waals surface area contributed by atoms with Crippen molar-refractivity contribution in [3.05, 3.63) is 0 Å². The molecule has 0 radical (unpaired) electrons. The number of nitriles is 1. The third-order valence-corrected chi connectivity index (χ3v) is 3.00. The van der Waals surface area contributed by atoms with Gasteiger partial charge in [0.15, 0.2) is 5.60 Å². The monoisotopic (exact) mass is 253 g/mol. The van der Waals surface area contributed by atoms with E-state index in [0.717, 1.165) is 0 Å². The summed E-state index contributed by atoms with van der Waals surface area (Å²) < 4.78 is 0. The summed E-state index contributed by atoms with van der Waals surface area (Å²) in [6.45, 7) is 11.8. The zero-order chi connectivity index (χ0) is 14.2. The van der Waals surface area contributed by atoms with Gasteiger partial charge in [-0.05, 0) is 41.5 Å². The summed E-state index contributed by atoms with van der Waals surface area (Å²) in [5.74, 6) is 0.00828. The quantitative estimate of drug-likeness (QED) is 0.811. The molecule has 0 aromatic rings. The number of nitrogens with one attached hydrogen (secondary N) is 1. The topological polar surface area (TPSA) is 65.4 Å². The average Bonchev–Trinajstić information content (AvgIpc) is 2.28. The van der Waals surface area contributed by atoms with Crippen molar-refractivity contribution in [2.45, 2.75) is 64.6 Å². The van der Waals surface area contributed by atoms with Crippen molar-refractivity contribution in [2.24, 2.45) is 0 Å². The van der Waals surface area contributed by atoms with Gasteiger partial charge in [0.25, 0.3) is 0 Å². The maximum absolute atomic E-state index is 11.7. The van der Waals surface area contributed by atoms with Crippen LogP contribution in [-0.2, 0) is 9.63 Å². The van der Waals surface area contributed by atoms with E-state index in [-0.39, 0.29) is 11.4 Å². The summed E-state index contributed by atoms with van der Waals surface area (Å²) >= 11 is 0. The van der Waals surface area contributed by atoms with Crippen LogP contribution in [0.3, 0.4) is 0 Å². The Morgan fingerprint density at radius 3 is 2.39 bits per heavy atom. The average molecular weight is 253 g/mol. The summed E-state index contributed by atoms with van der Waals surface area (Å²) in [6.07, 6.45) is 0.345. The predicted molar refractivity (Wildman–Crippen MR) is 68.4 cm³/mol. The maximum atomic E-state index is 11.7. The van der Waals surface area contributed by atoms with E-state index in [2.05, 4.69) is 11.4 Å². The van der Waals surface area contributed by atoms with Crippen LogP contribution in [0.25, 0.3) is 0 Å². The summed E-state index contributed by atoms with van der Waals surface area (Å²) in [7, 11) is 0. The van der Waals surface area contributed by atoms with Crippen molar-refractivity contribution in [3.8, 4) is 6.07 Å². The first-order valence-corrected chi connectivity index (χ1v) is 6.18. The summed E-state index contributed by atoms with van der Waals surface area (Å²) in [5.41, 5.74) is -1.75. The Labute approximate surface area is 109 Å². The van der Waals surface area contributed by atoms with Crippen LogP contribution in [0.15, 0.2) is 0 Å². The highest BCUT2D eigenvalue weighted by molar-refractivity contribution is 5.77. The molecule has 1 aliphatic heterocycles. The number of hydrogen-bond donors (Lipinski definition) is 1. The van der Waals surface area contributed by atoms with Crippen molar-refractivity contribution in [2.75, 3.05) is 6.54 Å². The molecule has 0 aromatic heterocycles. The molecule has 0 saturated carbocycles. The van der Waals surface area contributed by atoms with Crippen LogP contribution in [0.2, 0.25) is 0 Å². The highest BCUT2D eigenvalue weighted by Crippen LogP contribution is 2.33. The number of carbonyl (C=O) groups is 1. The molecule has 1 heterocycles. The largest absolute Gasteiger partial charge is 0.354 e. The number of carbonyl (C=O) groups excluding carboxylic acids is 1. The molecule has 0 bridgehead atoms. The van der Waals surface area contributed by atoms with Gasteiger partial charge >= 0.3 is 0 Å². The molecule has 1 rings (SSSR count). The van der Waals surface area contributed by atoms with E-state index in [1.807, 2.05) is 27.7 Å². The van der Waals surface area contributed by atoms with Crippen molar-refractivity contribution in [1.82, 2.24) is 10.4 Å². The molecular weight excluding hydrogens is 230 g/mol.